The van der Waals surface area contributed by atoms with Gasteiger partial charge in [-0.25, -0.2) is 9.69 Å². The highest BCUT2D eigenvalue weighted by molar-refractivity contribution is 6.62. The number of benzene rings is 2. The van der Waals surface area contributed by atoms with Gasteiger partial charge in [0.25, 0.3) is 0 Å². The second kappa shape index (κ2) is 7.81. The summed E-state index contributed by atoms with van der Waals surface area (Å²) in [6, 6.07) is 16.7. The van der Waals surface area contributed by atoms with Crippen molar-refractivity contribution in [1.82, 2.24) is 4.90 Å². The number of rotatable bonds is 4. The number of hydrogen-bond donors (Lipinski definition) is 0. The Hall–Kier alpha value is -2.64. The van der Waals surface area contributed by atoms with Crippen LogP contribution in [0.3, 0.4) is 0 Å². The normalized spacial score (nSPS) is 24.4. The van der Waals surface area contributed by atoms with Crippen molar-refractivity contribution in [3.05, 3.63) is 65.7 Å². The van der Waals surface area contributed by atoms with Gasteiger partial charge in [0.2, 0.25) is 5.91 Å². The first-order valence-corrected chi connectivity index (χ1v) is 10.6. The van der Waals surface area contributed by atoms with Crippen LogP contribution in [0.2, 0.25) is 0 Å². The Labute approximate surface area is 183 Å². The van der Waals surface area contributed by atoms with Gasteiger partial charge in [-0.05, 0) is 51.2 Å². The van der Waals surface area contributed by atoms with Crippen LogP contribution in [0.15, 0.2) is 54.6 Å². The highest BCUT2D eigenvalue weighted by atomic mass is 16.7. The third-order valence-electron chi connectivity index (χ3n) is 6.53. The quantitative estimate of drug-likeness (QED) is 0.706. The number of ether oxygens (including phenoxy) is 1. The molecule has 2 aliphatic rings. The highest BCUT2D eigenvalue weighted by Gasteiger charge is 2.51. The Morgan fingerprint density at radius 2 is 1.55 bits per heavy atom. The molecular weight excluding hydrogens is 393 g/mol. The lowest BCUT2D eigenvalue weighted by Crippen LogP contribution is -2.41. The molecule has 2 aliphatic heterocycles. The summed E-state index contributed by atoms with van der Waals surface area (Å²) < 4.78 is 17.6. The first-order chi connectivity index (χ1) is 14.6. The smallest absolute Gasteiger partial charge is 0.439 e. The maximum atomic E-state index is 12.9. The van der Waals surface area contributed by atoms with Crippen LogP contribution in [0.1, 0.15) is 51.8 Å². The van der Waals surface area contributed by atoms with Crippen LogP contribution in [0.5, 0.6) is 0 Å². The fourth-order valence-corrected chi connectivity index (χ4v) is 3.92. The van der Waals surface area contributed by atoms with Crippen LogP contribution in [0.25, 0.3) is 0 Å². The Balaban J connectivity index is 1.43. The second-order valence-electron chi connectivity index (χ2n) is 9.23. The van der Waals surface area contributed by atoms with Gasteiger partial charge in [0, 0.05) is 0 Å². The van der Waals surface area contributed by atoms with Crippen LogP contribution < -0.4 is 5.46 Å². The molecule has 0 aliphatic carbocycles. The number of carbonyl (C=O) groups excluding carboxylic acids is 2. The van der Waals surface area contributed by atoms with Crippen molar-refractivity contribution in [3.63, 3.8) is 0 Å². The van der Waals surface area contributed by atoms with Gasteiger partial charge in [0.15, 0.2) is 0 Å². The van der Waals surface area contributed by atoms with Crippen LogP contribution in [-0.4, -0.2) is 41.3 Å². The molecule has 2 saturated heterocycles. The van der Waals surface area contributed by atoms with Gasteiger partial charge >= 0.3 is 13.2 Å². The van der Waals surface area contributed by atoms with Crippen molar-refractivity contribution in [2.75, 3.05) is 0 Å². The van der Waals surface area contributed by atoms with Gasteiger partial charge in [-0.15, -0.1) is 0 Å². The van der Waals surface area contributed by atoms with Crippen molar-refractivity contribution in [3.8, 4) is 0 Å². The number of cyclic esters (lactones) is 1. The van der Waals surface area contributed by atoms with Gasteiger partial charge < -0.3 is 14.0 Å². The zero-order valence-electron chi connectivity index (χ0n) is 18.6. The maximum Gasteiger partial charge on any atom is 0.494 e. The molecule has 4 rings (SSSR count). The van der Waals surface area contributed by atoms with E-state index in [9.17, 15) is 9.59 Å². The average Bonchev–Trinajstić information content (AvgIpc) is 3.13. The van der Waals surface area contributed by atoms with Crippen LogP contribution >= 0.6 is 0 Å². The van der Waals surface area contributed by atoms with Crippen molar-refractivity contribution < 1.29 is 23.6 Å². The molecule has 2 unspecified atom stereocenters. The molecule has 0 saturated carbocycles. The lowest BCUT2D eigenvalue weighted by Gasteiger charge is -2.32. The van der Waals surface area contributed by atoms with E-state index in [-0.39, 0.29) is 18.4 Å². The Kier molecular flexibility index (Phi) is 5.44. The topological polar surface area (TPSA) is 65.1 Å². The van der Waals surface area contributed by atoms with E-state index in [1.54, 1.807) is 0 Å². The monoisotopic (exact) mass is 421 g/mol. The van der Waals surface area contributed by atoms with Crippen LogP contribution in [0, 0.1) is 0 Å². The van der Waals surface area contributed by atoms with E-state index in [0.29, 0.717) is 0 Å². The van der Waals surface area contributed by atoms with Crippen molar-refractivity contribution in [1.29, 1.82) is 0 Å². The van der Waals surface area contributed by atoms with Gasteiger partial charge in [-0.1, -0.05) is 54.6 Å². The Morgan fingerprint density at radius 3 is 2.13 bits per heavy atom. The minimum Gasteiger partial charge on any atom is -0.439 e. The summed E-state index contributed by atoms with van der Waals surface area (Å²) >= 11 is 0. The molecule has 31 heavy (non-hydrogen) atoms. The summed E-state index contributed by atoms with van der Waals surface area (Å²) in [7, 11) is -0.449. The van der Waals surface area contributed by atoms with Gasteiger partial charge in [0.1, 0.15) is 6.10 Å². The fourth-order valence-electron chi connectivity index (χ4n) is 3.92. The van der Waals surface area contributed by atoms with E-state index in [4.69, 9.17) is 14.0 Å². The molecule has 0 bridgehead atoms. The Bertz CT molecular complexity index is 957. The van der Waals surface area contributed by atoms with E-state index < -0.39 is 30.5 Å². The largest absolute Gasteiger partial charge is 0.494 e. The fraction of sp³-hybridized carbons (Fsp3) is 0.417. The molecule has 2 aromatic carbocycles. The lowest BCUT2D eigenvalue weighted by atomic mass is 9.79. The molecule has 2 amide bonds. The molecule has 2 atom stereocenters. The summed E-state index contributed by atoms with van der Waals surface area (Å²) in [5, 5.41) is 0. The molecular formula is C24H28BNO5. The van der Waals surface area contributed by atoms with Gasteiger partial charge in [0.05, 0.1) is 23.7 Å². The summed E-state index contributed by atoms with van der Waals surface area (Å²) in [5.41, 5.74) is 1.77. The number of imide groups is 1. The minimum atomic E-state index is -0.597. The molecule has 162 valence electrons. The summed E-state index contributed by atoms with van der Waals surface area (Å²) in [6.45, 7) is 9.89. The molecule has 7 heteroatoms. The molecule has 0 aromatic heterocycles. The average molecular weight is 421 g/mol. The van der Waals surface area contributed by atoms with E-state index in [1.165, 1.54) is 4.90 Å². The van der Waals surface area contributed by atoms with Crippen molar-refractivity contribution in [2.24, 2.45) is 0 Å². The molecule has 0 spiro atoms. The predicted octanol–water partition coefficient (Wildman–Crippen LogP) is 3.64. The number of carbonyl (C=O) groups is 2. The number of hydrogen-bond acceptors (Lipinski definition) is 5. The zero-order valence-corrected chi connectivity index (χ0v) is 18.6. The zero-order chi connectivity index (χ0) is 22.4. The molecule has 2 aromatic rings. The number of amides is 2. The van der Waals surface area contributed by atoms with E-state index >= 15 is 0 Å². The van der Waals surface area contributed by atoms with Crippen molar-refractivity contribution in [2.45, 2.75) is 64.4 Å². The van der Waals surface area contributed by atoms with Crippen molar-refractivity contribution >= 4 is 24.6 Å². The SMILES string of the molecule is CC1C(c2ccccc2)OC(=O)N1C(=O)Cc1ccc(B2OC(C)(C)C(C)(C)O2)cc1. The third kappa shape index (κ3) is 4.00. The third-order valence-corrected chi connectivity index (χ3v) is 6.53. The lowest BCUT2D eigenvalue weighted by molar-refractivity contribution is -0.128. The second-order valence-corrected chi connectivity index (χ2v) is 9.23. The maximum absolute atomic E-state index is 12.9. The first kappa shape index (κ1) is 21.6. The van der Waals surface area contributed by atoms with Crippen LogP contribution in [-0.2, 0) is 25.3 Å². The standard InChI is InChI=1S/C24H28BNO5/c1-16-21(18-9-7-6-8-10-18)29-22(28)26(16)20(27)15-17-11-13-19(14-12-17)25-30-23(2,3)24(4,5)31-25/h6-14,16,21H,15H2,1-5H3. The molecule has 0 N–H and O–H groups in total. The van der Waals surface area contributed by atoms with E-state index in [0.717, 1.165) is 16.6 Å². The van der Waals surface area contributed by atoms with Gasteiger partial charge in [-0.2, -0.15) is 0 Å². The van der Waals surface area contributed by atoms with Gasteiger partial charge in [-0.3, -0.25) is 4.79 Å². The summed E-state index contributed by atoms with van der Waals surface area (Å²) in [4.78, 5) is 26.5. The Morgan fingerprint density at radius 1 is 0.968 bits per heavy atom. The molecule has 2 heterocycles. The first-order valence-electron chi connectivity index (χ1n) is 10.6. The molecule has 0 radical (unpaired) electrons. The summed E-state index contributed by atoms with van der Waals surface area (Å²) in [6.07, 6.45) is -0.937. The minimum absolute atomic E-state index is 0.116. The predicted molar refractivity (Wildman–Crippen MR) is 118 cm³/mol. The highest BCUT2D eigenvalue weighted by Crippen LogP contribution is 2.36. The summed E-state index contributed by atoms with van der Waals surface area (Å²) in [5.74, 6) is -0.278. The molecule has 2 fully saturated rings. The van der Waals surface area contributed by atoms with E-state index in [1.807, 2.05) is 89.2 Å². The number of nitrogens with zero attached hydrogens (tertiary/aromatic N) is 1. The molecule has 6 nitrogen and oxygen atoms in total. The van der Waals surface area contributed by atoms with Crippen LogP contribution in [0.4, 0.5) is 4.79 Å². The van der Waals surface area contributed by atoms with E-state index in [2.05, 4.69) is 0 Å².